The summed E-state index contributed by atoms with van der Waals surface area (Å²) < 4.78 is 13.1. The van der Waals surface area contributed by atoms with E-state index in [1.807, 2.05) is 52.0 Å². The fraction of sp³-hybridized carbons (Fsp3) is 0.438. The predicted octanol–water partition coefficient (Wildman–Crippen LogP) is 5.66. The number of carbonyl (C=O) groups is 3. The topological polar surface area (TPSA) is 114 Å². The molecule has 3 aromatic rings. The molecular formula is C32H38N4O6. The maximum absolute atomic E-state index is 14.0. The van der Waals surface area contributed by atoms with Crippen molar-refractivity contribution in [2.45, 2.75) is 70.7 Å². The summed E-state index contributed by atoms with van der Waals surface area (Å²) in [6, 6.07) is 15.4. The molecule has 1 aliphatic carbocycles. The summed E-state index contributed by atoms with van der Waals surface area (Å²) in [6.45, 7) is 7.93. The van der Waals surface area contributed by atoms with Gasteiger partial charge in [0.25, 0.3) is 0 Å². The Morgan fingerprint density at radius 3 is 2.26 bits per heavy atom. The van der Waals surface area contributed by atoms with Crippen molar-refractivity contribution < 1.29 is 29.0 Å². The van der Waals surface area contributed by atoms with Crippen LogP contribution in [0, 0.1) is 0 Å². The lowest BCUT2D eigenvalue weighted by Crippen LogP contribution is -2.57. The Balaban J connectivity index is 1.42. The lowest BCUT2D eigenvalue weighted by molar-refractivity contribution is -0.00937. The molecule has 1 aliphatic heterocycles. The predicted molar refractivity (Wildman–Crippen MR) is 156 cm³/mol. The highest BCUT2D eigenvalue weighted by molar-refractivity contribution is 5.87. The van der Waals surface area contributed by atoms with Gasteiger partial charge in [0.2, 0.25) is 0 Å². The molecule has 2 heterocycles. The van der Waals surface area contributed by atoms with Crippen LogP contribution in [0.15, 0.2) is 54.7 Å². The van der Waals surface area contributed by atoms with Gasteiger partial charge in [0, 0.05) is 31.3 Å². The fourth-order valence-electron chi connectivity index (χ4n) is 6.13. The van der Waals surface area contributed by atoms with E-state index in [2.05, 4.69) is 29.4 Å². The number of aromatic carboxylic acids is 1. The molecule has 0 unspecified atom stereocenters. The van der Waals surface area contributed by atoms with Crippen LogP contribution in [0.1, 0.15) is 73.6 Å². The van der Waals surface area contributed by atoms with Gasteiger partial charge in [0.05, 0.1) is 18.6 Å². The van der Waals surface area contributed by atoms with Gasteiger partial charge < -0.3 is 19.5 Å². The molecule has 10 nitrogen and oxygen atoms in total. The number of fused-ring (bicyclic) bond motifs is 3. The molecule has 2 atom stereocenters. The van der Waals surface area contributed by atoms with E-state index in [4.69, 9.17) is 9.47 Å². The van der Waals surface area contributed by atoms with E-state index in [-0.39, 0.29) is 30.8 Å². The monoisotopic (exact) mass is 574 g/mol. The first-order valence-corrected chi connectivity index (χ1v) is 14.3. The van der Waals surface area contributed by atoms with Gasteiger partial charge in [-0.25, -0.2) is 14.4 Å². The van der Waals surface area contributed by atoms with Gasteiger partial charge in [-0.15, -0.1) is 0 Å². The van der Waals surface area contributed by atoms with Crippen molar-refractivity contribution in [3.05, 3.63) is 77.1 Å². The lowest BCUT2D eigenvalue weighted by Gasteiger charge is -2.44. The van der Waals surface area contributed by atoms with Gasteiger partial charge in [-0.3, -0.25) is 9.58 Å². The van der Waals surface area contributed by atoms with Gasteiger partial charge in [-0.2, -0.15) is 5.10 Å². The van der Waals surface area contributed by atoms with Crippen molar-refractivity contribution in [3.8, 4) is 11.1 Å². The van der Waals surface area contributed by atoms with E-state index >= 15 is 0 Å². The van der Waals surface area contributed by atoms with E-state index in [1.165, 1.54) is 4.68 Å². The smallest absolute Gasteiger partial charge is 0.410 e. The molecule has 2 aliphatic rings. The Morgan fingerprint density at radius 2 is 1.67 bits per heavy atom. The number of hydrogen-bond donors (Lipinski definition) is 1. The quantitative estimate of drug-likeness (QED) is 0.404. The molecule has 1 N–H and O–H groups in total. The number of benzene rings is 2. The summed E-state index contributed by atoms with van der Waals surface area (Å²) in [7, 11) is 1.64. The highest BCUT2D eigenvalue weighted by Gasteiger charge is 2.40. The molecule has 0 spiro atoms. The molecule has 2 amide bonds. The van der Waals surface area contributed by atoms with Crippen LogP contribution in [0.25, 0.3) is 11.1 Å². The van der Waals surface area contributed by atoms with Crippen molar-refractivity contribution >= 4 is 18.2 Å². The maximum atomic E-state index is 14.0. The number of likely N-dealkylation sites (tertiary alicyclic amines) is 1. The van der Waals surface area contributed by atoms with Crippen molar-refractivity contribution in [1.82, 2.24) is 19.6 Å². The first-order chi connectivity index (χ1) is 19.9. The molecule has 222 valence electrons. The number of nitrogens with zero attached hydrogens (tertiary/aromatic N) is 4. The first-order valence-electron chi connectivity index (χ1n) is 14.3. The molecule has 5 rings (SSSR count). The third-order valence-corrected chi connectivity index (χ3v) is 7.99. The average Bonchev–Trinajstić information content (AvgIpc) is 3.47. The van der Waals surface area contributed by atoms with Crippen LogP contribution < -0.4 is 0 Å². The van der Waals surface area contributed by atoms with Crippen LogP contribution >= 0.6 is 0 Å². The minimum Gasteiger partial charge on any atom is -0.476 e. The minimum absolute atomic E-state index is 0.0245. The molecule has 1 fully saturated rings. The summed E-state index contributed by atoms with van der Waals surface area (Å²) in [4.78, 5) is 42.2. The Kier molecular flexibility index (Phi) is 7.99. The van der Waals surface area contributed by atoms with Crippen LogP contribution in [-0.2, 0) is 23.1 Å². The summed E-state index contributed by atoms with van der Waals surface area (Å²) in [5.74, 6) is -1.30. The fourth-order valence-corrected chi connectivity index (χ4v) is 6.13. The van der Waals surface area contributed by atoms with Crippen molar-refractivity contribution in [3.63, 3.8) is 0 Å². The molecule has 1 saturated heterocycles. The number of aryl methyl sites for hydroxylation is 1. The van der Waals surface area contributed by atoms with Gasteiger partial charge in [-0.05, 0) is 62.8 Å². The molecule has 0 bridgehead atoms. The summed E-state index contributed by atoms with van der Waals surface area (Å²) in [5.41, 5.74) is 4.05. The van der Waals surface area contributed by atoms with E-state index in [0.717, 1.165) is 22.3 Å². The van der Waals surface area contributed by atoms with E-state index in [0.29, 0.717) is 24.9 Å². The molecule has 42 heavy (non-hydrogen) atoms. The first kappa shape index (κ1) is 29.2. The number of rotatable bonds is 6. The molecule has 0 radical (unpaired) electrons. The van der Waals surface area contributed by atoms with Crippen LogP contribution in [0.3, 0.4) is 0 Å². The van der Waals surface area contributed by atoms with Gasteiger partial charge in [0.15, 0.2) is 5.69 Å². The second-order valence-corrected chi connectivity index (χ2v) is 12.0. The Labute approximate surface area is 245 Å². The molecular weight excluding hydrogens is 536 g/mol. The second-order valence-electron chi connectivity index (χ2n) is 12.0. The third kappa shape index (κ3) is 5.84. The number of aromatic nitrogens is 2. The number of piperidine rings is 1. The van der Waals surface area contributed by atoms with Gasteiger partial charge in [-0.1, -0.05) is 48.5 Å². The van der Waals surface area contributed by atoms with E-state index < -0.39 is 29.8 Å². The third-order valence-electron chi connectivity index (χ3n) is 7.99. The van der Waals surface area contributed by atoms with Gasteiger partial charge >= 0.3 is 18.2 Å². The Hall–Kier alpha value is -4.34. The SMILES string of the molecule is C[C@@H]1[C@@H](N(Cc2cn(C)nc2C(=O)O)C(=O)OCC2c3ccccc3-c3ccccc32)CCCN1C(=O)OC(C)(C)C. The number of carboxylic acid groups (broad SMARTS) is 1. The Morgan fingerprint density at radius 1 is 1.05 bits per heavy atom. The average molecular weight is 575 g/mol. The van der Waals surface area contributed by atoms with Crippen molar-refractivity contribution in [2.75, 3.05) is 13.2 Å². The van der Waals surface area contributed by atoms with Gasteiger partial charge in [0.1, 0.15) is 12.2 Å². The summed E-state index contributed by atoms with van der Waals surface area (Å²) in [5, 5.41) is 13.9. The van der Waals surface area contributed by atoms with E-state index in [9.17, 15) is 19.5 Å². The number of ether oxygens (including phenoxy) is 2. The molecule has 1 aromatic heterocycles. The molecule has 0 saturated carbocycles. The zero-order valence-corrected chi connectivity index (χ0v) is 24.7. The standard InChI is InChI=1S/C32H38N4O6/c1-20-27(15-10-16-35(20)31(40)42-32(2,3)4)36(18-21-17-34(5)33-28(21)29(37)38)30(39)41-19-26-24-13-8-6-11-22(24)23-12-7-9-14-25(23)26/h6-9,11-14,17,20,26-27H,10,15-16,18-19H2,1-5H3,(H,37,38)/t20-,27+/m1/s1. The zero-order valence-electron chi connectivity index (χ0n) is 24.7. The second kappa shape index (κ2) is 11.5. The normalized spacial score (nSPS) is 18.3. The largest absolute Gasteiger partial charge is 0.476 e. The Bertz CT molecular complexity index is 1450. The van der Waals surface area contributed by atoms with Crippen molar-refractivity contribution in [1.29, 1.82) is 0 Å². The highest BCUT2D eigenvalue weighted by atomic mass is 16.6. The van der Waals surface area contributed by atoms with Crippen LogP contribution in [-0.4, -0.2) is 73.7 Å². The summed E-state index contributed by atoms with van der Waals surface area (Å²) >= 11 is 0. The number of hydrogen-bond acceptors (Lipinski definition) is 6. The minimum atomic E-state index is -1.18. The zero-order chi connectivity index (χ0) is 30.2. The number of carboxylic acids is 1. The molecule has 2 aromatic carbocycles. The number of amides is 2. The van der Waals surface area contributed by atoms with Crippen LogP contribution in [0.4, 0.5) is 9.59 Å². The lowest BCUT2D eigenvalue weighted by atomic mass is 9.95. The van der Waals surface area contributed by atoms with E-state index in [1.54, 1.807) is 23.0 Å². The summed E-state index contributed by atoms with van der Waals surface area (Å²) in [6.07, 6.45) is 1.86. The molecule has 10 heteroatoms. The van der Waals surface area contributed by atoms with Crippen molar-refractivity contribution in [2.24, 2.45) is 7.05 Å². The highest BCUT2D eigenvalue weighted by Crippen LogP contribution is 2.44. The van der Waals surface area contributed by atoms with Crippen LogP contribution in [0.5, 0.6) is 0 Å². The van der Waals surface area contributed by atoms with Crippen LogP contribution in [0.2, 0.25) is 0 Å². The maximum Gasteiger partial charge on any atom is 0.410 e. The number of carbonyl (C=O) groups excluding carboxylic acids is 2.